The third-order valence-corrected chi connectivity index (χ3v) is 9.01. The zero-order chi connectivity index (χ0) is 33.3. The molecule has 0 bridgehead atoms. The lowest BCUT2D eigenvalue weighted by atomic mass is 9.98. The number of pyridine rings is 5. The van der Waals surface area contributed by atoms with E-state index >= 15 is 0 Å². The predicted octanol–water partition coefficient (Wildman–Crippen LogP) is 11.0. The van der Waals surface area contributed by atoms with Gasteiger partial charge in [0, 0.05) is 57.8 Å². The summed E-state index contributed by atoms with van der Waals surface area (Å²) in [7, 11) is 0. The summed E-state index contributed by atoms with van der Waals surface area (Å²) >= 11 is 0. The number of aromatic nitrogens is 5. The number of hydrogen-bond acceptors (Lipinski definition) is 5. The van der Waals surface area contributed by atoms with Crippen LogP contribution in [0.1, 0.15) is 0 Å². The van der Waals surface area contributed by atoms with Gasteiger partial charge in [-0.25, -0.2) is 15.0 Å². The molecule has 5 aromatic heterocycles. The molecule has 0 aliphatic rings. The average Bonchev–Trinajstić information content (AvgIpc) is 3.21. The molecule has 9 aromatic rings. The third-order valence-electron chi connectivity index (χ3n) is 9.01. The molecule has 0 unspecified atom stereocenters. The Morgan fingerprint density at radius 3 is 1.38 bits per heavy atom. The summed E-state index contributed by atoms with van der Waals surface area (Å²) in [5.41, 5.74) is 14.1. The fraction of sp³-hybridized carbons (Fsp3) is 0. The first kappa shape index (κ1) is 29.3. The quantitative estimate of drug-likeness (QED) is 0.181. The van der Waals surface area contributed by atoms with Gasteiger partial charge in [0.2, 0.25) is 0 Å². The molecule has 50 heavy (non-hydrogen) atoms. The fourth-order valence-electron chi connectivity index (χ4n) is 6.42. The van der Waals surface area contributed by atoms with Crippen LogP contribution in [0.25, 0.3) is 89.1 Å². The van der Waals surface area contributed by atoms with Gasteiger partial charge in [0.05, 0.1) is 33.8 Å². The van der Waals surface area contributed by atoms with E-state index < -0.39 is 0 Å². The molecule has 0 saturated heterocycles. The van der Waals surface area contributed by atoms with Crippen molar-refractivity contribution in [2.45, 2.75) is 0 Å². The Morgan fingerprint density at radius 1 is 0.280 bits per heavy atom. The normalized spacial score (nSPS) is 11.2. The molecule has 5 nitrogen and oxygen atoms in total. The van der Waals surface area contributed by atoms with Crippen molar-refractivity contribution in [1.29, 1.82) is 0 Å². The molecular formula is C45H29N5. The summed E-state index contributed by atoms with van der Waals surface area (Å²) in [5, 5.41) is 2.21. The lowest BCUT2D eigenvalue weighted by molar-refractivity contribution is 1.26. The van der Waals surface area contributed by atoms with Crippen LogP contribution in [0.15, 0.2) is 176 Å². The van der Waals surface area contributed by atoms with Gasteiger partial charge in [-0.2, -0.15) is 0 Å². The highest BCUT2D eigenvalue weighted by atomic mass is 14.7. The van der Waals surface area contributed by atoms with Crippen molar-refractivity contribution in [3.63, 3.8) is 0 Å². The van der Waals surface area contributed by atoms with Crippen LogP contribution in [0.3, 0.4) is 0 Å². The maximum atomic E-state index is 5.09. The van der Waals surface area contributed by atoms with Crippen LogP contribution >= 0.6 is 0 Å². The summed E-state index contributed by atoms with van der Waals surface area (Å²) < 4.78 is 0. The molecule has 0 atom stereocenters. The van der Waals surface area contributed by atoms with Crippen LogP contribution in [0.2, 0.25) is 0 Å². The Labute approximate surface area is 289 Å². The second-order valence-electron chi connectivity index (χ2n) is 12.3. The van der Waals surface area contributed by atoms with Crippen LogP contribution in [0.5, 0.6) is 0 Å². The van der Waals surface area contributed by atoms with Gasteiger partial charge in [0.15, 0.2) is 0 Å². The maximum absolute atomic E-state index is 5.09. The molecule has 9 rings (SSSR count). The third kappa shape index (κ3) is 5.78. The van der Waals surface area contributed by atoms with Crippen LogP contribution in [-0.2, 0) is 0 Å². The molecule has 0 fully saturated rings. The van der Waals surface area contributed by atoms with E-state index in [9.17, 15) is 0 Å². The molecule has 0 N–H and O–H groups in total. The van der Waals surface area contributed by atoms with E-state index in [1.807, 2.05) is 54.9 Å². The molecule has 234 valence electrons. The largest absolute Gasteiger partial charge is 0.264 e. The summed E-state index contributed by atoms with van der Waals surface area (Å²) in [6.07, 6.45) is 7.24. The van der Waals surface area contributed by atoms with Gasteiger partial charge in [0.1, 0.15) is 0 Å². The van der Waals surface area contributed by atoms with Crippen molar-refractivity contribution in [1.82, 2.24) is 24.9 Å². The van der Waals surface area contributed by atoms with Crippen molar-refractivity contribution >= 4 is 21.8 Å². The second-order valence-corrected chi connectivity index (χ2v) is 12.3. The Morgan fingerprint density at radius 2 is 0.800 bits per heavy atom. The SMILES string of the molecule is c1ccc(-c2ccc3cc(-c4ccc5nc(-c6cccc(-c7cc(-c8cccnc8)nc(-c8cccnc8)c7)c6)ccc5c4)ccc3n2)cc1. The molecule has 0 aliphatic carbocycles. The highest BCUT2D eigenvalue weighted by molar-refractivity contribution is 5.90. The van der Waals surface area contributed by atoms with Crippen molar-refractivity contribution in [2.24, 2.45) is 0 Å². The molecule has 0 radical (unpaired) electrons. The first-order chi connectivity index (χ1) is 24.7. The number of benzene rings is 4. The number of hydrogen-bond donors (Lipinski definition) is 0. The minimum atomic E-state index is 0.860. The lowest BCUT2D eigenvalue weighted by Crippen LogP contribution is -1.92. The van der Waals surface area contributed by atoms with Gasteiger partial charge in [0.25, 0.3) is 0 Å². The average molecular weight is 640 g/mol. The predicted molar refractivity (Wildman–Crippen MR) is 203 cm³/mol. The summed E-state index contributed by atoms with van der Waals surface area (Å²) in [6, 6.07) is 52.5. The van der Waals surface area contributed by atoms with E-state index in [0.29, 0.717) is 0 Å². The van der Waals surface area contributed by atoms with Crippen molar-refractivity contribution < 1.29 is 0 Å². The van der Waals surface area contributed by atoms with Gasteiger partial charge >= 0.3 is 0 Å². The first-order valence-corrected chi connectivity index (χ1v) is 16.5. The minimum Gasteiger partial charge on any atom is -0.264 e. The van der Waals surface area contributed by atoms with Crippen molar-refractivity contribution in [3.05, 3.63) is 176 Å². The summed E-state index contributed by atoms with van der Waals surface area (Å²) in [5.74, 6) is 0. The molecular weight excluding hydrogens is 611 g/mol. The Hall–Kier alpha value is -6.85. The molecule has 4 aromatic carbocycles. The van der Waals surface area contributed by atoms with E-state index in [1.165, 1.54) is 0 Å². The molecule has 0 saturated carbocycles. The topological polar surface area (TPSA) is 64.5 Å². The first-order valence-electron chi connectivity index (χ1n) is 16.5. The standard InChI is InChI=1S/C45H29N5/c1-2-7-30(8-3-1)40-19-15-35-24-32(13-17-42(35)48-40)33-14-18-43-36(25-33)16-20-41(49-43)34-10-4-9-31(23-34)39-26-44(37-11-5-21-46-28-37)50-45(27-39)38-12-6-22-47-29-38/h1-29H. The van der Waals surface area contributed by atoms with Crippen molar-refractivity contribution in [3.8, 4) is 67.3 Å². The molecule has 5 heterocycles. The van der Waals surface area contributed by atoms with E-state index in [0.717, 1.165) is 89.1 Å². The molecule has 0 amide bonds. The smallest absolute Gasteiger partial charge is 0.0731 e. The molecule has 5 heteroatoms. The molecule has 0 aliphatic heterocycles. The maximum Gasteiger partial charge on any atom is 0.0731 e. The van der Waals surface area contributed by atoms with Crippen LogP contribution in [0.4, 0.5) is 0 Å². The minimum absolute atomic E-state index is 0.860. The van der Waals surface area contributed by atoms with Crippen LogP contribution in [0, 0.1) is 0 Å². The highest BCUT2D eigenvalue weighted by Crippen LogP contribution is 2.33. The van der Waals surface area contributed by atoms with Crippen LogP contribution < -0.4 is 0 Å². The zero-order valence-corrected chi connectivity index (χ0v) is 27.0. The van der Waals surface area contributed by atoms with E-state index in [1.54, 1.807) is 12.4 Å². The fourth-order valence-corrected chi connectivity index (χ4v) is 6.42. The van der Waals surface area contributed by atoms with Gasteiger partial charge in [-0.05, 0) is 101 Å². The van der Waals surface area contributed by atoms with Gasteiger partial charge < -0.3 is 0 Å². The van der Waals surface area contributed by atoms with Crippen LogP contribution in [-0.4, -0.2) is 24.9 Å². The van der Waals surface area contributed by atoms with Gasteiger partial charge in [-0.3, -0.25) is 9.97 Å². The Balaban J connectivity index is 1.03. The zero-order valence-electron chi connectivity index (χ0n) is 27.0. The Bertz CT molecular complexity index is 2580. The lowest BCUT2D eigenvalue weighted by Gasteiger charge is -2.11. The van der Waals surface area contributed by atoms with E-state index in [2.05, 4.69) is 119 Å². The number of fused-ring (bicyclic) bond motifs is 2. The Kier molecular flexibility index (Phi) is 7.41. The summed E-state index contributed by atoms with van der Waals surface area (Å²) in [4.78, 5) is 23.6. The monoisotopic (exact) mass is 639 g/mol. The van der Waals surface area contributed by atoms with E-state index in [4.69, 9.17) is 15.0 Å². The van der Waals surface area contributed by atoms with Crippen molar-refractivity contribution in [2.75, 3.05) is 0 Å². The number of nitrogens with zero attached hydrogens (tertiary/aromatic N) is 5. The van der Waals surface area contributed by atoms with Gasteiger partial charge in [-0.15, -0.1) is 0 Å². The number of rotatable bonds is 6. The summed E-state index contributed by atoms with van der Waals surface area (Å²) in [6.45, 7) is 0. The van der Waals surface area contributed by atoms with Gasteiger partial charge in [-0.1, -0.05) is 72.8 Å². The highest BCUT2D eigenvalue weighted by Gasteiger charge is 2.12. The molecule has 0 spiro atoms. The second kappa shape index (κ2) is 12.6. The van der Waals surface area contributed by atoms with E-state index in [-0.39, 0.29) is 0 Å².